The molecule has 3 N–H and O–H groups in total. The summed E-state index contributed by atoms with van der Waals surface area (Å²) in [5.74, 6) is 6.94. The average Bonchev–Trinajstić information content (AvgIpc) is 2.48. The number of benzene rings is 1. The second-order valence-electron chi connectivity index (χ2n) is 5.74. The zero-order valence-corrected chi connectivity index (χ0v) is 12.4. The maximum absolute atomic E-state index is 13.9. The first-order valence-electron chi connectivity index (χ1n) is 7.49. The molecular formula is C16H25FN2O. The molecule has 3 unspecified atom stereocenters. The normalized spacial score (nSPS) is 24.4. The summed E-state index contributed by atoms with van der Waals surface area (Å²) in [6.07, 6.45) is 6.07. The molecule has 0 saturated heterocycles. The molecule has 112 valence electrons. The highest BCUT2D eigenvalue weighted by molar-refractivity contribution is 5.31. The number of methoxy groups -OCH3 is 1. The lowest BCUT2D eigenvalue weighted by Crippen LogP contribution is -2.35. The summed E-state index contributed by atoms with van der Waals surface area (Å²) in [5.41, 5.74) is 3.80. The van der Waals surface area contributed by atoms with Crippen molar-refractivity contribution in [2.75, 3.05) is 7.11 Å². The number of hydrazine groups is 1. The van der Waals surface area contributed by atoms with Gasteiger partial charge in [-0.05, 0) is 42.4 Å². The number of nitrogens with two attached hydrogens (primary N) is 1. The topological polar surface area (TPSA) is 47.3 Å². The second-order valence-corrected chi connectivity index (χ2v) is 5.74. The molecule has 0 heterocycles. The van der Waals surface area contributed by atoms with Crippen LogP contribution >= 0.6 is 0 Å². The van der Waals surface area contributed by atoms with Crippen LogP contribution < -0.4 is 16.0 Å². The van der Waals surface area contributed by atoms with Crippen molar-refractivity contribution < 1.29 is 9.13 Å². The minimum Gasteiger partial charge on any atom is -0.494 e. The van der Waals surface area contributed by atoms with E-state index in [4.69, 9.17) is 10.6 Å². The largest absolute Gasteiger partial charge is 0.494 e. The molecule has 1 fully saturated rings. The van der Waals surface area contributed by atoms with Crippen molar-refractivity contribution in [2.45, 2.75) is 45.1 Å². The minimum absolute atomic E-state index is 0.0183. The molecule has 1 aliphatic carbocycles. The third-order valence-electron chi connectivity index (χ3n) is 4.59. The SMILES string of the molecule is CCC1CCCC(C(NN)c2ccc(OC)c(F)c2)C1. The molecule has 3 atom stereocenters. The van der Waals surface area contributed by atoms with Crippen LogP contribution in [0.3, 0.4) is 0 Å². The van der Waals surface area contributed by atoms with Crippen molar-refractivity contribution in [3.8, 4) is 5.75 Å². The van der Waals surface area contributed by atoms with Crippen LogP contribution in [0.15, 0.2) is 18.2 Å². The van der Waals surface area contributed by atoms with E-state index in [0.717, 1.165) is 17.9 Å². The van der Waals surface area contributed by atoms with Crippen LogP contribution in [-0.2, 0) is 0 Å². The fourth-order valence-electron chi connectivity index (χ4n) is 3.39. The summed E-state index contributed by atoms with van der Waals surface area (Å²) in [6, 6.07) is 5.14. The molecular weight excluding hydrogens is 255 g/mol. The Morgan fingerprint density at radius 1 is 1.45 bits per heavy atom. The third kappa shape index (κ3) is 3.30. The standard InChI is InChI=1S/C16H25FN2O/c1-3-11-5-4-6-12(9-11)16(19-18)13-7-8-15(20-2)14(17)10-13/h7-8,10-12,16,19H,3-6,9,18H2,1-2H3. The Bertz CT molecular complexity index is 438. The minimum atomic E-state index is -0.326. The third-order valence-corrected chi connectivity index (χ3v) is 4.59. The predicted octanol–water partition coefficient (Wildman–Crippen LogP) is 3.56. The molecule has 0 spiro atoms. The molecule has 0 amide bonds. The lowest BCUT2D eigenvalue weighted by atomic mass is 9.75. The number of hydrogen-bond acceptors (Lipinski definition) is 3. The van der Waals surface area contributed by atoms with Crippen LogP contribution in [-0.4, -0.2) is 7.11 Å². The van der Waals surface area contributed by atoms with Gasteiger partial charge < -0.3 is 4.74 Å². The summed E-state index contributed by atoms with van der Waals surface area (Å²) in [7, 11) is 1.48. The van der Waals surface area contributed by atoms with Crippen molar-refractivity contribution >= 4 is 0 Å². The lowest BCUT2D eigenvalue weighted by molar-refractivity contribution is 0.209. The van der Waals surface area contributed by atoms with E-state index < -0.39 is 0 Å². The van der Waals surface area contributed by atoms with Crippen LogP contribution in [0.25, 0.3) is 0 Å². The van der Waals surface area contributed by atoms with E-state index in [1.165, 1.54) is 32.8 Å². The van der Waals surface area contributed by atoms with E-state index in [1.54, 1.807) is 12.1 Å². The second kappa shape index (κ2) is 7.04. The predicted molar refractivity (Wildman–Crippen MR) is 78.8 cm³/mol. The van der Waals surface area contributed by atoms with Crippen molar-refractivity contribution in [1.29, 1.82) is 0 Å². The van der Waals surface area contributed by atoms with Gasteiger partial charge in [0.2, 0.25) is 0 Å². The number of rotatable bonds is 5. The van der Waals surface area contributed by atoms with Gasteiger partial charge >= 0.3 is 0 Å². The molecule has 4 heteroatoms. The van der Waals surface area contributed by atoms with E-state index in [9.17, 15) is 4.39 Å². The molecule has 1 aromatic rings. The Labute approximate surface area is 120 Å². The Balaban J connectivity index is 2.16. The fraction of sp³-hybridized carbons (Fsp3) is 0.625. The van der Waals surface area contributed by atoms with Gasteiger partial charge in [0.05, 0.1) is 7.11 Å². The molecule has 0 aliphatic heterocycles. The molecule has 0 aromatic heterocycles. The first-order valence-corrected chi connectivity index (χ1v) is 7.49. The molecule has 1 saturated carbocycles. The molecule has 0 bridgehead atoms. The van der Waals surface area contributed by atoms with Gasteiger partial charge in [-0.2, -0.15) is 0 Å². The van der Waals surface area contributed by atoms with Crippen molar-refractivity contribution in [1.82, 2.24) is 5.43 Å². The monoisotopic (exact) mass is 280 g/mol. The Morgan fingerprint density at radius 2 is 2.25 bits per heavy atom. The Hall–Kier alpha value is -1.13. The molecule has 20 heavy (non-hydrogen) atoms. The maximum Gasteiger partial charge on any atom is 0.165 e. The van der Waals surface area contributed by atoms with Gasteiger partial charge in [0.25, 0.3) is 0 Å². The quantitative estimate of drug-likeness (QED) is 0.640. The Morgan fingerprint density at radius 3 is 2.85 bits per heavy atom. The fourth-order valence-corrected chi connectivity index (χ4v) is 3.39. The van der Waals surface area contributed by atoms with Gasteiger partial charge in [-0.3, -0.25) is 11.3 Å². The van der Waals surface area contributed by atoms with Gasteiger partial charge in [-0.25, -0.2) is 4.39 Å². The van der Waals surface area contributed by atoms with E-state index in [-0.39, 0.29) is 17.6 Å². The van der Waals surface area contributed by atoms with Crippen molar-refractivity contribution in [3.05, 3.63) is 29.6 Å². The van der Waals surface area contributed by atoms with Crippen LogP contribution in [0.2, 0.25) is 0 Å². The van der Waals surface area contributed by atoms with E-state index in [2.05, 4.69) is 12.3 Å². The molecule has 1 aliphatic rings. The average molecular weight is 280 g/mol. The summed E-state index contributed by atoms with van der Waals surface area (Å²) in [6.45, 7) is 2.24. The zero-order chi connectivity index (χ0) is 14.5. The molecule has 1 aromatic carbocycles. The summed E-state index contributed by atoms with van der Waals surface area (Å²) in [5, 5.41) is 0. The summed E-state index contributed by atoms with van der Waals surface area (Å²) < 4.78 is 18.8. The maximum atomic E-state index is 13.9. The summed E-state index contributed by atoms with van der Waals surface area (Å²) in [4.78, 5) is 0. The molecule has 3 nitrogen and oxygen atoms in total. The van der Waals surface area contributed by atoms with Crippen LogP contribution in [0.1, 0.15) is 50.6 Å². The highest BCUT2D eigenvalue weighted by Crippen LogP contribution is 2.38. The first kappa shape index (κ1) is 15.3. The molecule has 0 radical (unpaired) electrons. The molecule has 2 rings (SSSR count). The lowest BCUT2D eigenvalue weighted by Gasteiger charge is -2.34. The van der Waals surface area contributed by atoms with Gasteiger partial charge in [0, 0.05) is 6.04 Å². The first-order chi connectivity index (χ1) is 9.69. The van der Waals surface area contributed by atoms with E-state index in [0.29, 0.717) is 5.92 Å². The number of hydrogen-bond donors (Lipinski definition) is 2. The number of nitrogens with one attached hydrogen (secondary N) is 1. The van der Waals surface area contributed by atoms with E-state index >= 15 is 0 Å². The van der Waals surface area contributed by atoms with Crippen molar-refractivity contribution in [2.24, 2.45) is 17.7 Å². The van der Waals surface area contributed by atoms with Gasteiger partial charge in [-0.1, -0.05) is 32.3 Å². The number of ether oxygens (including phenoxy) is 1. The highest BCUT2D eigenvalue weighted by atomic mass is 19.1. The number of halogens is 1. The van der Waals surface area contributed by atoms with Crippen molar-refractivity contribution in [3.63, 3.8) is 0 Å². The van der Waals surface area contributed by atoms with Crippen LogP contribution in [0, 0.1) is 17.7 Å². The van der Waals surface area contributed by atoms with E-state index in [1.807, 2.05) is 6.07 Å². The van der Waals surface area contributed by atoms with Gasteiger partial charge in [0.1, 0.15) is 0 Å². The smallest absolute Gasteiger partial charge is 0.165 e. The van der Waals surface area contributed by atoms with Crippen LogP contribution in [0.4, 0.5) is 4.39 Å². The zero-order valence-electron chi connectivity index (χ0n) is 12.4. The summed E-state index contributed by atoms with van der Waals surface area (Å²) >= 11 is 0. The van der Waals surface area contributed by atoms with Crippen LogP contribution in [0.5, 0.6) is 5.75 Å². The van der Waals surface area contributed by atoms with Gasteiger partial charge in [0.15, 0.2) is 11.6 Å². The van der Waals surface area contributed by atoms with Gasteiger partial charge in [-0.15, -0.1) is 0 Å². The highest BCUT2D eigenvalue weighted by Gasteiger charge is 2.28. The Kier molecular flexibility index (Phi) is 5.38.